The number of likely N-dealkylation sites (N-methyl/N-ethyl adjacent to an activating group) is 1. The van der Waals surface area contributed by atoms with Crippen LogP contribution in [0.5, 0.6) is 0 Å². The van der Waals surface area contributed by atoms with Crippen molar-refractivity contribution in [3.63, 3.8) is 0 Å². The van der Waals surface area contributed by atoms with Gasteiger partial charge in [0.2, 0.25) is 0 Å². The standard InChI is InChI=1S/C35H62N2O13/c1-12-24-35(43)28(40)20(5)31(50-35)36-17(2)15-33(7,42)30(49-32-27(39)22(37(9)10)13-18(3)45-32)19(4)23(14-25(38)48-24)47-26-16-34(8,44-11)29(41)21(6)46-26/h17-24,26-30,32,39-43H,12-16H2,1-11H3/t17-,18-,19+,20-,21+,22+,23-,24-,26+,27-,28-,29+,30-,32+,33-,34-,35+/m1/s1. The van der Waals surface area contributed by atoms with Gasteiger partial charge >= 0.3 is 5.97 Å². The van der Waals surface area contributed by atoms with E-state index in [1.165, 1.54) is 7.11 Å². The number of aliphatic imine (C=N–C) groups is 1. The molecule has 50 heavy (non-hydrogen) atoms. The molecular formula is C35H62N2O13. The van der Waals surface area contributed by atoms with Crippen LogP contribution >= 0.6 is 0 Å². The lowest BCUT2D eigenvalue weighted by Gasteiger charge is -2.48. The average molecular weight is 719 g/mol. The molecule has 2 bridgehead atoms. The third-order valence-electron chi connectivity index (χ3n) is 11.1. The van der Waals surface area contributed by atoms with Crippen LogP contribution in [0.3, 0.4) is 0 Å². The van der Waals surface area contributed by atoms with Crippen LogP contribution in [0, 0.1) is 11.8 Å². The van der Waals surface area contributed by atoms with Crippen LogP contribution in [-0.4, -0.2) is 154 Å². The van der Waals surface area contributed by atoms with Crippen molar-refractivity contribution in [1.82, 2.24) is 4.90 Å². The van der Waals surface area contributed by atoms with Crippen molar-refractivity contribution >= 4 is 11.9 Å². The smallest absolute Gasteiger partial charge is 0.308 e. The van der Waals surface area contributed by atoms with Crippen molar-refractivity contribution < 1.29 is 63.5 Å². The van der Waals surface area contributed by atoms with Crippen LogP contribution in [0.25, 0.3) is 0 Å². The van der Waals surface area contributed by atoms with Crippen LogP contribution in [0.2, 0.25) is 0 Å². The summed E-state index contributed by atoms with van der Waals surface area (Å²) in [5, 5.41) is 57.2. The van der Waals surface area contributed by atoms with Crippen molar-refractivity contribution in [3.8, 4) is 0 Å². The largest absolute Gasteiger partial charge is 0.455 e. The number of rotatable bonds is 7. The number of ether oxygens (including phenoxy) is 7. The molecule has 4 aliphatic heterocycles. The first-order valence-corrected chi connectivity index (χ1v) is 18.0. The molecule has 15 nitrogen and oxygen atoms in total. The molecule has 0 aromatic carbocycles. The Hall–Kier alpha value is -1.50. The molecule has 0 radical (unpaired) electrons. The maximum Gasteiger partial charge on any atom is 0.308 e. The fourth-order valence-corrected chi connectivity index (χ4v) is 8.00. The lowest BCUT2D eigenvalue weighted by atomic mass is 9.81. The number of aliphatic hydroxyl groups excluding tert-OH is 3. The van der Waals surface area contributed by atoms with E-state index in [9.17, 15) is 30.3 Å². The lowest BCUT2D eigenvalue weighted by molar-refractivity contribution is -0.315. The summed E-state index contributed by atoms with van der Waals surface area (Å²) < 4.78 is 42.7. The Balaban J connectivity index is 1.78. The Morgan fingerprint density at radius 2 is 1.64 bits per heavy atom. The SMILES string of the molecule is CC[C@H]1OC(=O)C[C@@H](O[C@H]2C[C@@](C)(OC)[C@@H](O)[C@H](C)O2)[C@H](C)[C@@H](O[C@@H]2O[C@H](C)C[C@H](N(C)C)[C@H]2O)[C@](C)(O)C[C@@H](C)N=C2O[C@]1(O)[C@H](O)[C@H]2C. The van der Waals surface area contributed by atoms with Gasteiger partial charge in [-0.2, -0.15) is 0 Å². The normalized spacial score (nSPS) is 49.5. The Labute approximate surface area is 296 Å². The molecule has 4 heterocycles. The quantitative estimate of drug-likeness (QED) is 0.235. The number of nitrogens with zero attached hydrogens (tertiary/aromatic N) is 2. The topological polar surface area (TPSA) is 198 Å². The van der Waals surface area contributed by atoms with Gasteiger partial charge in [-0.25, -0.2) is 0 Å². The summed E-state index contributed by atoms with van der Waals surface area (Å²) in [6.45, 7) is 13.8. The zero-order valence-corrected chi connectivity index (χ0v) is 31.5. The molecule has 0 aromatic rings. The van der Waals surface area contributed by atoms with Crippen LogP contribution in [0.4, 0.5) is 0 Å². The summed E-state index contributed by atoms with van der Waals surface area (Å²) in [6.07, 6.45) is -9.46. The molecule has 3 saturated heterocycles. The first kappa shape index (κ1) is 41.3. The molecule has 0 unspecified atom stereocenters. The number of hydrogen-bond acceptors (Lipinski definition) is 15. The van der Waals surface area contributed by atoms with E-state index in [1.807, 2.05) is 25.9 Å². The number of cyclic esters (lactones) is 1. The van der Waals surface area contributed by atoms with Crippen molar-refractivity contribution in [2.75, 3.05) is 21.2 Å². The van der Waals surface area contributed by atoms with E-state index in [2.05, 4.69) is 4.99 Å². The Morgan fingerprint density at radius 3 is 2.24 bits per heavy atom. The molecule has 0 spiro atoms. The van der Waals surface area contributed by atoms with Gasteiger partial charge in [0.25, 0.3) is 5.79 Å². The van der Waals surface area contributed by atoms with Crippen molar-refractivity contribution in [2.24, 2.45) is 16.8 Å². The molecule has 0 saturated carbocycles. The van der Waals surface area contributed by atoms with Crippen LogP contribution in [0.1, 0.15) is 87.5 Å². The zero-order chi connectivity index (χ0) is 37.5. The Morgan fingerprint density at radius 1 is 0.980 bits per heavy atom. The summed E-state index contributed by atoms with van der Waals surface area (Å²) in [5.74, 6) is -4.46. The molecular weight excluding hydrogens is 656 g/mol. The molecule has 3 fully saturated rings. The van der Waals surface area contributed by atoms with E-state index in [0.717, 1.165) is 0 Å². The van der Waals surface area contributed by atoms with E-state index < -0.39 is 96.1 Å². The molecule has 0 aromatic heterocycles. The van der Waals surface area contributed by atoms with Gasteiger partial charge in [0.15, 0.2) is 24.6 Å². The van der Waals surface area contributed by atoms with E-state index in [1.54, 1.807) is 48.5 Å². The number of fused-ring (bicyclic) bond motifs is 2. The molecule has 0 amide bonds. The van der Waals surface area contributed by atoms with Gasteiger partial charge < -0.3 is 63.6 Å². The number of hydrogen-bond donors (Lipinski definition) is 5. The van der Waals surface area contributed by atoms with Gasteiger partial charge in [0.1, 0.15) is 18.3 Å². The van der Waals surface area contributed by atoms with Crippen LogP contribution in [0.15, 0.2) is 4.99 Å². The minimum atomic E-state index is -2.25. The third-order valence-corrected chi connectivity index (χ3v) is 11.1. The van der Waals surface area contributed by atoms with Crippen molar-refractivity contribution in [1.29, 1.82) is 0 Å². The van der Waals surface area contributed by atoms with Gasteiger partial charge in [-0.1, -0.05) is 20.8 Å². The number of aliphatic hydroxyl groups is 5. The molecule has 17 atom stereocenters. The summed E-state index contributed by atoms with van der Waals surface area (Å²) in [5.41, 5.74) is -2.70. The molecule has 4 rings (SSSR count). The fraction of sp³-hybridized carbons (Fsp3) is 0.943. The number of carbonyl (C=O) groups excluding carboxylic acids is 1. The summed E-state index contributed by atoms with van der Waals surface area (Å²) in [6, 6.07) is -0.889. The predicted molar refractivity (Wildman–Crippen MR) is 180 cm³/mol. The number of methoxy groups -OCH3 is 1. The van der Waals surface area contributed by atoms with E-state index in [0.29, 0.717) is 6.42 Å². The predicted octanol–water partition coefficient (Wildman–Crippen LogP) is 1.09. The maximum absolute atomic E-state index is 13.8. The highest BCUT2D eigenvalue weighted by Crippen LogP contribution is 2.40. The van der Waals surface area contributed by atoms with Crippen molar-refractivity contribution in [2.45, 2.75) is 178 Å². The van der Waals surface area contributed by atoms with Gasteiger partial charge in [0.05, 0.1) is 54.0 Å². The van der Waals surface area contributed by atoms with E-state index >= 15 is 0 Å². The monoisotopic (exact) mass is 718 g/mol. The minimum absolute atomic E-state index is 0.0187. The molecule has 5 N–H and O–H groups in total. The highest BCUT2D eigenvalue weighted by molar-refractivity contribution is 5.82. The van der Waals surface area contributed by atoms with E-state index in [-0.39, 0.29) is 43.7 Å². The third kappa shape index (κ3) is 8.49. The highest BCUT2D eigenvalue weighted by atomic mass is 16.7. The summed E-state index contributed by atoms with van der Waals surface area (Å²) in [4.78, 5) is 20.3. The van der Waals surface area contributed by atoms with Gasteiger partial charge in [-0.15, -0.1) is 0 Å². The average Bonchev–Trinajstić information content (AvgIpc) is 3.24. The second kappa shape index (κ2) is 15.8. The maximum atomic E-state index is 13.8. The van der Waals surface area contributed by atoms with Crippen LogP contribution in [-0.2, 0) is 38.0 Å². The number of carbonyl (C=O) groups is 1. The summed E-state index contributed by atoms with van der Waals surface area (Å²) in [7, 11) is 5.22. The molecule has 15 heteroatoms. The van der Waals surface area contributed by atoms with Crippen LogP contribution < -0.4 is 0 Å². The zero-order valence-electron chi connectivity index (χ0n) is 31.5. The van der Waals surface area contributed by atoms with Gasteiger partial charge in [-0.3, -0.25) is 9.79 Å². The van der Waals surface area contributed by atoms with E-state index in [4.69, 9.17) is 33.2 Å². The Bertz CT molecular complexity index is 1190. The number of esters is 1. The van der Waals surface area contributed by atoms with Crippen molar-refractivity contribution in [3.05, 3.63) is 0 Å². The first-order chi connectivity index (χ1) is 23.2. The second-order valence-electron chi connectivity index (χ2n) is 15.7. The van der Waals surface area contributed by atoms with Gasteiger partial charge in [-0.05, 0) is 61.6 Å². The molecule has 290 valence electrons. The minimum Gasteiger partial charge on any atom is -0.455 e. The second-order valence-corrected chi connectivity index (χ2v) is 15.7. The summed E-state index contributed by atoms with van der Waals surface area (Å²) >= 11 is 0. The van der Waals surface area contributed by atoms with Gasteiger partial charge in [0, 0.05) is 31.9 Å². The fourth-order valence-electron chi connectivity index (χ4n) is 8.00. The first-order valence-electron chi connectivity index (χ1n) is 18.0. The molecule has 0 aliphatic carbocycles. The molecule has 4 aliphatic rings. The highest BCUT2D eigenvalue weighted by Gasteiger charge is 2.58. The Kier molecular flexibility index (Phi) is 13.1. The lowest BCUT2D eigenvalue weighted by Crippen LogP contribution is -2.60.